The molecule has 1 heterocycles. The minimum atomic E-state index is -0.336. The van der Waals surface area contributed by atoms with Crippen molar-refractivity contribution < 1.29 is 14.3 Å². The Balaban J connectivity index is 2.31. The van der Waals surface area contributed by atoms with E-state index in [1.165, 1.54) is 12.8 Å². The summed E-state index contributed by atoms with van der Waals surface area (Å²) >= 11 is 0. The molecule has 1 aromatic carbocycles. The zero-order valence-corrected chi connectivity index (χ0v) is 13.2. The number of hydrogen-bond acceptors (Lipinski definition) is 4. The molecule has 1 aromatic rings. The van der Waals surface area contributed by atoms with Crippen molar-refractivity contribution in [3.8, 4) is 5.75 Å². The molecule has 0 radical (unpaired) electrons. The van der Waals surface area contributed by atoms with Crippen LogP contribution in [0.5, 0.6) is 5.75 Å². The van der Waals surface area contributed by atoms with Crippen LogP contribution in [0.1, 0.15) is 38.7 Å². The van der Waals surface area contributed by atoms with E-state index in [1.807, 2.05) is 25.1 Å². The van der Waals surface area contributed by atoms with E-state index in [4.69, 9.17) is 9.47 Å². The number of nitrogens with zero attached hydrogens (tertiary/aromatic N) is 1. The Morgan fingerprint density at radius 3 is 2.67 bits per heavy atom. The normalized spacial score (nSPS) is 18.2. The van der Waals surface area contributed by atoms with Crippen LogP contribution in [0.3, 0.4) is 0 Å². The average molecular weight is 291 g/mol. The van der Waals surface area contributed by atoms with Gasteiger partial charge in [0.15, 0.2) is 0 Å². The van der Waals surface area contributed by atoms with E-state index in [0.29, 0.717) is 13.0 Å². The maximum absolute atomic E-state index is 12.1. The molecule has 0 N–H and O–H groups in total. The molecule has 0 bridgehead atoms. The lowest BCUT2D eigenvalue weighted by Crippen LogP contribution is -2.44. The van der Waals surface area contributed by atoms with E-state index in [2.05, 4.69) is 17.9 Å². The van der Waals surface area contributed by atoms with Crippen LogP contribution in [0.15, 0.2) is 24.3 Å². The minimum Gasteiger partial charge on any atom is -0.497 e. The number of esters is 1. The fourth-order valence-corrected chi connectivity index (χ4v) is 3.06. The molecular formula is C17H25NO3. The van der Waals surface area contributed by atoms with Gasteiger partial charge in [0, 0.05) is 0 Å². The van der Waals surface area contributed by atoms with E-state index in [9.17, 15) is 4.79 Å². The van der Waals surface area contributed by atoms with E-state index in [1.54, 1.807) is 7.11 Å². The Morgan fingerprint density at radius 2 is 2.05 bits per heavy atom. The number of likely N-dealkylation sites (tertiary alicyclic amines) is 1. The molecule has 1 saturated heterocycles. The third-order valence-electron chi connectivity index (χ3n) is 4.29. The summed E-state index contributed by atoms with van der Waals surface area (Å²) in [5.74, 6) is 0.677. The first kappa shape index (κ1) is 15.8. The summed E-state index contributed by atoms with van der Waals surface area (Å²) in [7, 11) is 1.66. The number of rotatable bonds is 6. The van der Waals surface area contributed by atoms with Crippen molar-refractivity contribution in [2.24, 2.45) is 0 Å². The zero-order valence-electron chi connectivity index (χ0n) is 13.2. The second-order valence-corrected chi connectivity index (χ2v) is 5.68. The predicted octanol–water partition coefficient (Wildman–Crippen LogP) is 2.96. The summed E-state index contributed by atoms with van der Waals surface area (Å²) < 4.78 is 10.5. The van der Waals surface area contributed by atoms with Crippen LogP contribution < -0.4 is 4.74 Å². The fraction of sp³-hybridized carbons (Fsp3) is 0.588. The molecule has 0 aliphatic carbocycles. The second-order valence-electron chi connectivity index (χ2n) is 5.68. The van der Waals surface area contributed by atoms with Gasteiger partial charge in [-0.15, -0.1) is 0 Å². The lowest BCUT2D eigenvalue weighted by atomic mass is 9.86. The quantitative estimate of drug-likeness (QED) is 0.755. The van der Waals surface area contributed by atoms with Gasteiger partial charge in [-0.2, -0.15) is 0 Å². The van der Waals surface area contributed by atoms with Crippen molar-refractivity contribution in [1.82, 2.24) is 4.90 Å². The highest BCUT2D eigenvalue weighted by Crippen LogP contribution is 2.36. The third kappa shape index (κ3) is 3.56. The Bertz CT molecular complexity index is 483. The summed E-state index contributed by atoms with van der Waals surface area (Å²) in [5, 5.41) is 0. The van der Waals surface area contributed by atoms with Gasteiger partial charge < -0.3 is 9.47 Å². The van der Waals surface area contributed by atoms with Crippen molar-refractivity contribution in [3.63, 3.8) is 0 Å². The average Bonchev–Trinajstić information content (AvgIpc) is 3.02. The van der Waals surface area contributed by atoms with Crippen molar-refractivity contribution in [1.29, 1.82) is 0 Å². The highest BCUT2D eigenvalue weighted by molar-refractivity contribution is 5.71. The zero-order chi connectivity index (χ0) is 15.3. The van der Waals surface area contributed by atoms with Gasteiger partial charge in [0.05, 0.1) is 25.7 Å². The third-order valence-corrected chi connectivity index (χ3v) is 4.29. The van der Waals surface area contributed by atoms with Crippen molar-refractivity contribution in [2.75, 3.05) is 26.8 Å². The largest absolute Gasteiger partial charge is 0.497 e. The molecular weight excluding hydrogens is 266 g/mol. The van der Waals surface area contributed by atoms with Gasteiger partial charge >= 0.3 is 5.97 Å². The Labute approximate surface area is 127 Å². The number of methoxy groups -OCH3 is 1. The first-order chi connectivity index (χ1) is 10.1. The van der Waals surface area contributed by atoms with Crippen molar-refractivity contribution in [3.05, 3.63) is 29.8 Å². The molecule has 0 saturated carbocycles. The van der Waals surface area contributed by atoms with Crippen molar-refractivity contribution in [2.45, 2.75) is 38.6 Å². The van der Waals surface area contributed by atoms with Gasteiger partial charge in [-0.05, 0) is 57.5 Å². The van der Waals surface area contributed by atoms with Gasteiger partial charge in [0.1, 0.15) is 5.75 Å². The van der Waals surface area contributed by atoms with Crippen LogP contribution in [0, 0.1) is 0 Å². The van der Waals surface area contributed by atoms with E-state index in [-0.39, 0.29) is 11.5 Å². The van der Waals surface area contributed by atoms with Gasteiger partial charge in [-0.25, -0.2) is 0 Å². The van der Waals surface area contributed by atoms with Crippen LogP contribution in [-0.2, 0) is 15.1 Å². The molecule has 0 amide bonds. The molecule has 0 spiro atoms. The van der Waals surface area contributed by atoms with Gasteiger partial charge in [-0.3, -0.25) is 9.69 Å². The lowest BCUT2D eigenvalue weighted by molar-refractivity contribution is -0.146. The molecule has 1 aliphatic rings. The monoisotopic (exact) mass is 291 g/mol. The summed E-state index contributed by atoms with van der Waals surface area (Å²) in [6, 6.07) is 8.00. The maximum atomic E-state index is 12.1. The Morgan fingerprint density at radius 1 is 1.33 bits per heavy atom. The molecule has 21 heavy (non-hydrogen) atoms. The van der Waals surface area contributed by atoms with Gasteiger partial charge in [0.2, 0.25) is 0 Å². The molecule has 116 valence electrons. The number of carbonyl (C=O) groups is 1. The SMILES string of the molecule is CCOC(=O)CC(C)(c1cccc(OC)c1)N1CCCC1. The van der Waals surface area contributed by atoms with Crippen LogP contribution >= 0.6 is 0 Å². The van der Waals surface area contributed by atoms with Gasteiger partial charge in [0.25, 0.3) is 0 Å². The summed E-state index contributed by atoms with van der Waals surface area (Å²) in [5.41, 5.74) is 0.772. The topological polar surface area (TPSA) is 38.8 Å². The molecule has 4 heteroatoms. The van der Waals surface area contributed by atoms with Crippen LogP contribution in [0.4, 0.5) is 0 Å². The number of carbonyl (C=O) groups excluding carboxylic acids is 1. The van der Waals surface area contributed by atoms with Crippen LogP contribution in [0.2, 0.25) is 0 Å². The number of benzene rings is 1. The Hall–Kier alpha value is -1.55. The molecule has 2 rings (SSSR count). The van der Waals surface area contributed by atoms with E-state index >= 15 is 0 Å². The number of hydrogen-bond donors (Lipinski definition) is 0. The molecule has 4 nitrogen and oxygen atoms in total. The second kappa shape index (κ2) is 6.94. The smallest absolute Gasteiger partial charge is 0.307 e. The van der Waals surface area contributed by atoms with Crippen molar-refractivity contribution >= 4 is 5.97 Å². The lowest BCUT2D eigenvalue weighted by Gasteiger charge is -2.38. The minimum absolute atomic E-state index is 0.144. The highest BCUT2D eigenvalue weighted by Gasteiger charge is 2.38. The first-order valence-corrected chi connectivity index (χ1v) is 7.65. The highest BCUT2D eigenvalue weighted by atomic mass is 16.5. The standard InChI is InChI=1S/C17H25NO3/c1-4-21-16(19)13-17(2,18-10-5-6-11-18)14-8-7-9-15(12-14)20-3/h7-9,12H,4-6,10-11,13H2,1-3H3. The van der Waals surface area contributed by atoms with E-state index in [0.717, 1.165) is 24.4 Å². The van der Waals surface area contributed by atoms with Crippen LogP contribution in [-0.4, -0.2) is 37.7 Å². The molecule has 0 aromatic heterocycles. The summed E-state index contributed by atoms with van der Waals surface area (Å²) in [4.78, 5) is 14.5. The maximum Gasteiger partial charge on any atom is 0.307 e. The molecule has 1 atom stereocenters. The Kier molecular flexibility index (Phi) is 5.23. The van der Waals surface area contributed by atoms with Crippen LogP contribution in [0.25, 0.3) is 0 Å². The molecule has 1 aliphatic heterocycles. The van der Waals surface area contributed by atoms with Gasteiger partial charge in [-0.1, -0.05) is 12.1 Å². The number of ether oxygens (including phenoxy) is 2. The summed E-state index contributed by atoms with van der Waals surface area (Å²) in [6.45, 7) is 6.44. The molecule has 1 unspecified atom stereocenters. The summed E-state index contributed by atoms with van der Waals surface area (Å²) in [6.07, 6.45) is 2.73. The molecule has 1 fully saturated rings. The first-order valence-electron chi connectivity index (χ1n) is 7.65. The van der Waals surface area contributed by atoms with E-state index < -0.39 is 0 Å². The fourth-order valence-electron chi connectivity index (χ4n) is 3.06. The predicted molar refractivity (Wildman–Crippen MR) is 82.4 cm³/mol.